The summed E-state index contributed by atoms with van der Waals surface area (Å²) < 4.78 is 12.6. The lowest BCUT2D eigenvalue weighted by Crippen LogP contribution is -2.09. The summed E-state index contributed by atoms with van der Waals surface area (Å²) in [6.07, 6.45) is 0.588. The maximum atomic E-state index is 12.5. The normalized spacial score (nSPS) is 10.8. The number of esters is 1. The minimum atomic E-state index is -0.387. The predicted molar refractivity (Wildman–Crippen MR) is 101 cm³/mol. The molecule has 1 aromatic heterocycles. The molecule has 3 rings (SSSR count). The second-order valence-electron chi connectivity index (χ2n) is 5.70. The van der Waals surface area contributed by atoms with Gasteiger partial charge >= 0.3 is 5.97 Å². The third-order valence-corrected chi connectivity index (χ3v) is 4.82. The summed E-state index contributed by atoms with van der Waals surface area (Å²) >= 11 is 1.57. The fraction of sp³-hybridized carbons (Fsp3) is 0.200. The van der Waals surface area contributed by atoms with E-state index in [-0.39, 0.29) is 18.0 Å². The highest BCUT2D eigenvalue weighted by Crippen LogP contribution is 2.27. The maximum Gasteiger partial charge on any atom is 0.333 e. The van der Waals surface area contributed by atoms with Gasteiger partial charge in [-0.3, -0.25) is 4.79 Å². The average Bonchev–Trinajstić information content (AvgIpc) is 2.61. The van der Waals surface area contributed by atoms with E-state index in [4.69, 9.17) is 9.47 Å². The Balaban J connectivity index is 1.69. The molecule has 0 bridgehead atoms. The highest BCUT2D eigenvalue weighted by Gasteiger charge is 2.07. The van der Waals surface area contributed by atoms with Crippen LogP contribution in [-0.2, 0) is 9.53 Å². The Labute approximate surface area is 149 Å². The van der Waals surface area contributed by atoms with Crippen molar-refractivity contribution in [2.24, 2.45) is 0 Å². The molecule has 0 atom stereocenters. The summed E-state index contributed by atoms with van der Waals surface area (Å²) in [5.74, 6) is 0.312. The Morgan fingerprint density at radius 1 is 1.08 bits per heavy atom. The molecule has 4 nitrogen and oxygen atoms in total. The second kappa shape index (κ2) is 7.49. The zero-order valence-electron chi connectivity index (χ0n) is 13.9. The summed E-state index contributed by atoms with van der Waals surface area (Å²) in [4.78, 5) is 23.8. The van der Waals surface area contributed by atoms with Crippen molar-refractivity contribution in [3.8, 4) is 5.75 Å². The molecule has 0 amide bonds. The van der Waals surface area contributed by atoms with Crippen molar-refractivity contribution in [3.05, 3.63) is 64.8 Å². The van der Waals surface area contributed by atoms with Crippen LogP contribution < -0.4 is 10.2 Å². The molecule has 0 radical (unpaired) electrons. The van der Waals surface area contributed by atoms with Gasteiger partial charge in [0.25, 0.3) is 0 Å². The van der Waals surface area contributed by atoms with Gasteiger partial charge in [0.1, 0.15) is 5.75 Å². The molecule has 0 aliphatic rings. The van der Waals surface area contributed by atoms with Crippen molar-refractivity contribution >= 4 is 37.5 Å². The molecule has 5 heteroatoms. The van der Waals surface area contributed by atoms with Gasteiger partial charge in [0, 0.05) is 32.2 Å². The quantitative estimate of drug-likeness (QED) is 0.287. The van der Waals surface area contributed by atoms with Gasteiger partial charge in [-0.2, -0.15) is 0 Å². The third kappa shape index (κ3) is 3.88. The van der Waals surface area contributed by atoms with Gasteiger partial charge < -0.3 is 9.47 Å². The van der Waals surface area contributed by atoms with Gasteiger partial charge in [-0.25, -0.2) is 4.79 Å². The van der Waals surface area contributed by atoms with Crippen LogP contribution in [0.5, 0.6) is 5.75 Å². The Kier molecular flexibility index (Phi) is 5.14. The Morgan fingerprint density at radius 2 is 1.84 bits per heavy atom. The van der Waals surface area contributed by atoms with Crippen LogP contribution in [0.1, 0.15) is 13.3 Å². The van der Waals surface area contributed by atoms with Crippen LogP contribution in [0.4, 0.5) is 0 Å². The lowest BCUT2D eigenvalue weighted by atomic mass is 10.2. The lowest BCUT2D eigenvalue weighted by Gasteiger charge is -2.08. The van der Waals surface area contributed by atoms with Crippen molar-refractivity contribution in [3.63, 3.8) is 0 Å². The van der Waals surface area contributed by atoms with Gasteiger partial charge in [-0.15, -0.1) is 11.3 Å². The van der Waals surface area contributed by atoms with E-state index in [0.29, 0.717) is 29.7 Å². The van der Waals surface area contributed by atoms with Gasteiger partial charge in [0.2, 0.25) is 0 Å². The first-order chi connectivity index (χ1) is 12.1. The van der Waals surface area contributed by atoms with Crippen molar-refractivity contribution in [2.75, 3.05) is 13.2 Å². The van der Waals surface area contributed by atoms with Crippen LogP contribution in [-0.4, -0.2) is 19.2 Å². The van der Waals surface area contributed by atoms with E-state index in [2.05, 4.69) is 6.58 Å². The van der Waals surface area contributed by atoms with Crippen LogP contribution in [0.3, 0.4) is 0 Å². The van der Waals surface area contributed by atoms with Crippen molar-refractivity contribution in [1.29, 1.82) is 0 Å². The predicted octanol–water partition coefficient (Wildman–Crippen LogP) is 4.30. The van der Waals surface area contributed by atoms with E-state index in [1.807, 2.05) is 30.3 Å². The molecule has 0 saturated heterocycles. The maximum absolute atomic E-state index is 12.5. The van der Waals surface area contributed by atoms with Gasteiger partial charge in [-0.1, -0.05) is 18.7 Å². The molecule has 0 aliphatic carbocycles. The second-order valence-corrected chi connectivity index (χ2v) is 6.79. The molecule has 3 aromatic rings. The number of carbonyl (C=O) groups is 1. The van der Waals surface area contributed by atoms with Gasteiger partial charge in [-0.05, 0) is 37.3 Å². The summed E-state index contributed by atoms with van der Waals surface area (Å²) in [6.45, 7) is 5.86. The van der Waals surface area contributed by atoms with Gasteiger partial charge in [0.05, 0.1) is 13.2 Å². The summed E-state index contributed by atoms with van der Waals surface area (Å²) in [7, 11) is 0. The first kappa shape index (κ1) is 17.2. The molecule has 0 saturated carbocycles. The molecule has 0 spiro atoms. The Bertz CT molecular complexity index is 1000. The molecule has 2 aromatic carbocycles. The zero-order chi connectivity index (χ0) is 17.8. The van der Waals surface area contributed by atoms with Crippen LogP contribution in [0.15, 0.2) is 59.4 Å². The number of benzene rings is 2. The zero-order valence-corrected chi connectivity index (χ0v) is 14.7. The van der Waals surface area contributed by atoms with Crippen LogP contribution in [0, 0.1) is 0 Å². The highest BCUT2D eigenvalue weighted by atomic mass is 32.1. The van der Waals surface area contributed by atoms with Crippen molar-refractivity contribution in [2.45, 2.75) is 13.3 Å². The van der Waals surface area contributed by atoms with E-state index in [0.717, 1.165) is 14.8 Å². The number of carbonyl (C=O) groups excluding carboxylic acids is 1. The molecule has 0 fully saturated rings. The fourth-order valence-corrected chi connectivity index (χ4v) is 3.51. The van der Waals surface area contributed by atoms with Crippen LogP contribution >= 0.6 is 11.3 Å². The van der Waals surface area contributed by atoms with E-state index >= 15 is 0 Å². The molecular weight excluding hydrogens is 336 g/mol. The lowest BCUT2D eigenvalue weighted by molar-refractivity contribution is -0.139. The Hall–Kier alpha value is -2.66. The van der Waals surface area contributed by atoms with E-state index in [9.17, 15) is 9.59 Å². The van der Waals surface area contributed by atoms with Gasteiger partial charge in [0.15, 0.2) is 5.43 Å². The van der Waals surface area contributed by atoms with Crippen molar-refractivity contribution in [1.82, 2.24) is 0 Å². The largest absolute Gasteiger partial charge is 0.493 e. The number of hydrogen-bond donors (Lipinski definition) is 0. The van der Waals surface area contributed by atoms with Crippen molar-refractivity contribution < 1.29 is 14.3 Å². The third-order valence-electron chi connectivity index (χ3n) is 3.69. The number of fused-ring (bicyclic) bond motifs is 2. The smallest absolute Gasteiger partial charge is 0.333 e. The fourth-order valence-electron chi connectivity index (χ4n) is 2.41. The summed E-state index contributed by atoms with van der Waals surface area (Å²) in [5.41, 5.74) is 0.431. The molecule has 0 N–H and O–H groups in total. The molecule has 0 aliphatic heterocycles. The SMILES string of the molecule is C=C(C)C(=O)OCCCOc1ccc2c(=O)c3ccccc3sc2c1. The monoisotopic (exact) mass is 354 g/mol. The minimum absolute atomic E-state index is 0.0441. The van der Waals surface area contributed by atoms with Crippen LogP contribution in [0.2, 0.25) is 0 Å². The molecule has 128 valence electrons. The molecule has 0 unspecified atom stereocenters. The molecule has 25 heavy (non-hydrogen) atoms. The van der Waals surface area contributed by atoms with Crippen LogP contribution in [0.25, 0.3) is 20.2 Å². The highest BCUT2D eigenvalue weighted by molar-refractivity contribution is 7.24. The first-order valence-electron chi connectivity index (χ1n) is 7.97. The minimum Gasteiger partial charge on any atom is -0.493 e. The number of rotatable bonds is 6. The number of ether oxygens (including phenoxy) is 2. The molecule has 1 heterocycles. The summed E-state index contributed by atoms with van der Waals surface area (Å²) in [5, 5.41) is 1.44. The average molecular weight is 354 g/mol. The summed E-state index contributed by atoms with van der Waals surface area (Å²) in [6, 6.07) is 13.1. The van der Waals surface area contributed by atoms with E-state index < -0.39 is 0 Å². The Morgan fingerprint density at radius 3 is 2.64 bits per heavy atom. The van der Waals surface area contributed by atoms with E-state index in [1.165, 1.54) is 0 Å². The topological polar surface area (TPSA) is 52.6 Å². The van der Waals surface area contributed by atoms with E-state index in [1.54, 1.807) is 30.4 Å². The standard InChI is InChI=1S/C20H18O4S/c1-13(2)20(22)24-11-5-10-23-14-8-9-16-18(12-14)25-17-7-4-3-6-15(17)19(16)21/h3-4,6-9,12H,1,5,10-11H2,2H3. The number of hydrogen-bond acceptors (Lipinski definition) is 5. The molecular formula is C20H18O4S. The first-order valence-corrected chi connectivity index (χ1v) is 8.79.